The van der Waals surface area contributed by atoms with Crippen molar-refractivity contribution in [1.82, 2.24) is 5.32 Å². The molecule has 2 aromatic carbocycles. The molecule has 3 rings (SSSR count). The third-order valence-electron chi connectivity index (χ3n) is 9.31. The van der Waals surface area contributed by atoms with Crippen molar-refractivity contribution in [2.45, 2.75) is 44.9 Å². The Labute approximate surface area is 364 Å². The average molecular weight is 866 g/mol. The van der Waals surface area contributed by atoms with Crippen molar-refractivity contribution in [3.63, 3.8) is 0 Å². The molecular weight excluding hydrogens is 790 g/mol. The monoisotopic (exact) mass is 866 g/mol. The predicted octanol–water partition coefficient (Wildman–Crippen LogP) is 5.69. The molecule has 0 spiro atoms. The second-order valence-corrected chi connectivity index (χ2v) is 14.0. The van der Waals surface area contributed by atoms with Gasteiger partial charge in [-0.1, -0.05) is 74.7 Å². The van der Waals surface area contributed by atoms with Crippen LogP contribution in [0, 0.1) is 0 Å². The number of unbranched alkanes of at least 4 members (excludes halogenated alkanes) is 3. The van der Waals surface area contributed by atoms with Gasteiger partial charge in [0, 0.05) is 25.7 Å². The third-order valence-corrected chi connectivity index (χ3v) is 9.31. The summed E-state index contributed by atoms with van der Waals surface area (Å²) in [6.07, 6.45) is 5.15. The molecule has 0 aromatic heterocycles. The van der Waals surface area contributed by atoms with Crippen LogP contribution in [0.25, 0.3) is 11.1 Å². The first-order valence-corrected chi connectivity index (χ1v) is 22.3. The third kappa shape index (κ3) is 27.1. The first kappa shape index (κ1) is 52.6. The van der Waals surface area contributed by atoms with Gasteiger partial charge in [0.1, 0.15) is 6.61 Å². The summed E-state index contributed by atoms with van der Waals surface area (Å²) in [5, 5.41) is 2.81. The first-order valence-electron chi connectivity index (χ1n) is 22.3. The summed E-state index contributed by atoms with van der Waals surface area (Å²) in [6.45, 7) is 15.7. The quantitative estimate of drug-likeness (QED) is 0.0813. The van der Waals surface area contributed by atoms with Crippen LogP contribution in [0.4, 0.5) is 4.79 Å². The maximum Gasteiger partial charge on any atom is 0.407 e. The molecule has 61 heavy (non-hydrogen) atoms. The highest BCUT2D eigenvalue weighted by Crippen LogP contribution is 2.44. The van der Waals surface area contributed by atoms with Gasteiger partial charge in [-0.25, -0.2) is 4.79 Å². The SMILES string of the molecule is CCCCCCOCCOCCOCCOCCOCCOCCOCCOCCOCCOCCOCCOCCCNC(=O)OCC1c2ccccc2-c2ccccc21. The van der Waals surface area contributed by atoms with Crippen LogP contribution in [-0.4, -0.2) is 178 Å². The molecule has 15 heteroatoms. The maximum absolute atomic E-state index is 12.3. The lowest BCUT2D eigenvalue weighted by Gasteiger charge is -2.14. The fourth-order valence-corrected chi connectivity index (χ4v) is 6.17. The van der Waals surface area contributed by atoms with Crippen LogP contribution in [0.1, 0.15) is 56.1 Å². The van der Waals surface area contributed by atoms with E-state index in [9.17, 15) is 4.79 Å². The molecule has 0 heterocycles. The van der Waals surface area contributed by atoms with E-state index in [2.05, 4.69) is 36.5 Å². The molecule has 0 bridgehead atoms. The normalized spacial score (nSPS) is 12.2. The number of amides is 1. The van der Waals surface area contributed by atoms with Crippen LogP contribution in [-0.2, 0) is 61.6 Å². The van der Waals surface area contributed by atoms with E-state index in [1.807, 2.05) is 24.3 Å². The van der Waals surface area contributed by atoms with Gasteiger partial charge in [0.05, 0.1) is 145 Å². The zero-order valence-corrected chi connectivity index (χ0v) is 36.8. The summed E-state index contributed by atoms with van der Waals surface area (Å²) in [5.74, 6) is 0.0484. The predicted molar refractivity (Wildman–Crippen MR) is 232 cm³/mol. The number of alkyl carbamates (subject to hydrolysis) is 1. The number of carbonyl (C=O) groups is 1. The highest BCUT2D eigenvalue weighted by atomic mass is 16.6. The van der Waals surface area contributed by atoms with E-state index in [0.717, 1.165) is 13.0 Å². The Hall–Kier alpha value is -2.77. The molecule has 348 valence electrons. The zero-order chi connectivity index (χ0) is 42.9. The van der Waals surface area contributed by atoms with Gasteiger partial charge in [-0.2, -0.15) is 0 Å². The number of nitrogens with one attached hydrogen (secondary N) is 1. The molecule has 0 unspecified atom stereocenters. The van der Waals surface area contributed by atoms with Gasteiger partial charge in [0.2, 0.25) is 0 Å². The molecule has 1 aliphatic carbocycles. The summed E-state index contributed by atoms with van der Waals surface area (Å²) in [5.41, 5.74) is 4.81. The van der Waals surface area contributed by atoms with E-state index in [0.29, 0.717) is 172 Å². The summed E-state index contributed by atoms with van der Waals surface area (Å²) >= 11 is 0. The van der Waals surface area contributed by atoms with Crippen LogP contribution in [0.5, 0.6) is 0 Å². The van der Waals surface area contributed by atoms with Crippen LogP contribution in [0.15, 0.2) is 48.5 Å². The Balaban J connectivity index is 0.915. The van der Waals surface area contributed by atoms with Gasteiger partial charge in [0.25, 0.3) is 0 Å². The molecule has 0 saturated carbocycles. The molecule has 0 radical (unpaired) electrons. The second-order valence-electron chi connectivity index (χ2n) is 14.0. The Kier molecular flexibility index (Phi) is 33.5. The van der Waals surface area contributed by atoms with Crippen LogP contribution >= 0.6 is 0 Å². The molecular formula is C46H75NO14. The van der Waals surface area contributed by atoms with Gasteiger partial charge >= 0.3 is 6.09 Å². The van der Waals surface area contributed by atoms with E-state index in [-0.39, 0.29) is 5.92 Å². The minimum atomic E-state index is -0.415. The lowest BCUT2D eigenvalue weighted by molar-refractivity contribution is -0.0283. The molecule has 1 amide bonds. The van der Waals surface area contributed by atoms with Crippen LogP contribution in [0.2, 0.25) is 0 Å². The maximum atomic E-state index is 12.3. The fraction of sp³-hybridized carbons (Fsp3) is 0.717. The minimum absolute atomic E-state index is 0.0484. The van der Waals surface area contributed by atoms with Crippen LogP contribution in [0.3, 0.4) is 0 Å². The van der Waals surface area contributed by atoms with Crippen molar-refractivity contribution in [3.8, 4) is 11.1 Å². The lowest BCUT2D eigenvalue weighted by Crippen LogP contribution is -2.27. The van der Waals surface area contributed by atoms with E-state index in [1.54, 1.807) is 0 Å². The zero-order valence-electron chi connectivity index (χ0n) is 36.8. The highest BCUT2D eigenvalue weighted by molar-refractivity contribution is 5.79. The number of hydrogen-bond donors (Lipinski definition) is 1. The van der Waals surface area contributed by atoms with Crippen LogP contribution < -0.4 is 5.32 Å². The number of benzene rings is 2. The Morgan fingerprint density at radius 2 is 0.721 bits per heavy atom. The van der Waals surface area contributed by atoms with E-state index in [4.69, 9.17) is 61.6 Å². The van der Waals surface area contributed by atoms with E-state index < -0.39 is 6.09 Å². The Morgan fingerprint density at radius 1 is 0.410 bits per heavy atom. The fourth-order valence-electron chi connectivity index (χ4n) is 6.17. The molecule has 0 fully saturated rings. The molecule has 1 N–H and O–H groups in total. The van der Waals surface area contributed by atoms with Gasteiger partial charge in [-0.15, -0.1) is 0 Å². The van der Waals surface area contributed by atoms with E-state index in [1.165, 1.54) is 41.5 Å². The van der Waals surface area contributed by atoms with Gasteiger partial charge in [-0.3, -0.25) is 0 Å². The van der Waals surface area contributed by atoms with Gasteiger partial charge in [0.15, 0.2) is 0 Å². The number of hydrogen-bond acceptors (Lipinski definition) is 14. The van der Waals surface area contributed by atoms with Crippen molar-refractivity contribution in [1.29, 1.82) is 0 Å². The molecule has 0 saturated heterocycles. The second kappa shape index (κ2) is 38.9. The first-order chi connectivity index (χ1) is 30.3. The summed E-state index contributed by atoms with van der Waals surface area (Å²) in [6, 6.07) is 16.6. The molecule has 0 aliphatic heterocycles. The standard InChI is InChI=1S/C46H75NO14/c1-2-3-4-9-16-49-18-20-51-22-24-53-26-28-55-30-32-57-34-36-59-38-39-60-37-35-58-33-31-56-29-27-54-25-23-52-21-19-50-17-10-15-47-46(48)61-40-45-43-13-7-5-11-41(43)42-12-6-8-14-44(42)45/h5-8,11-14,45H,2-4,9-10,15-40H2,1H3,(H,47,48). The van der Waals surface area contributed by atoms with E-state index >= 15 is 0 Å². The number of carbonyl (C=O) groups excluding carboxylic acids is 1. The van der Waals surface area contributed by atoms with Crippen molar-refractivity contribution < 1.29 is 66.4 Å². The number of fused-ring (bicyclic) bond motifs is 3. The van der Waals surface area contributed by atoms with Gasteiger partial charge < -0.3 is 66.9 Å². The van der Waals surface area contributed by atoms with Crippen molar-refractivity contribution in [2.75, 3.05) is 172 Å². The van der Waals surface area contributed by atoms with Crippen molar-refractivity contribution >= 4 is 6.09 Å². The number of rotatable bonds is 44. The molecule has 2 aromatic rings. The average Bonchev–Trinajstić information content (AvgIpc) is 3.60. The largest absolute Gasteiger partial charge is 0.449 e. The van der Waals surface area contributed by atoms with Crippen molar-refractivity contribution in [3.05, 3.63) is 59.7 Å². The molecule has 1 aliphatic rings. The molecule has 15 nitrogen and oxygen atoms in total. The topological polar surface area (TPSA) is 149 Å². The highest BCUT2D eigenvalue weighted by Gasteiger charge is 2.29. The number of ether oxygens (including phenoxy) is 13. The smallest absolute Gasteiger partial charge is 0.407 e. The van der Waals surface area contributed by atoms with Gasteiger partial charge in [-0.05, 0) is 35.1 Å². The summed E-state index contributed by atoms with van der Waals surface area (Å²) in [4.78, 5) is 12.3. The Morgan fingerprint density at radius 3 is 1.07 bits per heavy atom. The van der Waals surface area contributed by atoms with Crippen molar-refractivity contribution in [2.24, 2.45) is 0 Å². The molecule has 0 atom stereocenters. The summed E-state index contributed by atoms with van der Waals surface area (Å²) in [7, 11) is 0. The lowest BCUT2D eigenvalue weighted by atomic mass is 9.98. The Bertz CT molecular complexity index is 1260. The minimum Gasteiger partial charge on any atom is -0.449 e. The summed E-state index contributed by atoms with van der Waals surface area (Å²) < 4.78 is 71.8.